The molecule has 15 heteroatoms. The largest absolute Gasteiger partial charge is 0.473 e. The van der Waals surface area contributed by atoms with Gasteiger partial charge in [-0.05, 0) is 70.5 Å². The molecule has 2 N–H and O–H groups in total. The van der Waals surface area contributed by atoms with Crippen molar-refractivity contribution in [2.45, 2.75) is 81.6 Å². The summed E-state index contributed by atoms with van der Waals surface area (Å²) in [5.74, 6) is 1.68. The average molecular weight is 700 g/mol. The van der Waals surface area contributed by atoms with Crippen molar-refractivity contribution in [1.82, 2.24) is 34.7 Å². The van der Waals surface area contributed by atoms with Crippen LogP contribution in [0.3, 0.4) is 0 Å². The maximum atomic E-state index is 13.2. The Morgan fingerprint density at radius 1 is 1.26 bits per heavy atom. The fourth-order valence-electron chi connectivity index (χ4n) is 8.38. The van der Waals surface area contributed by atoms with Crippen LogP contribution in [0.25, 0.3) is 17.3 Å². The van der Waals surface area contributed by atoms with E-state index in [0.717, 1.165) is 73.3 Å². The van der Waals surface area contributed by atoms with Gasteiger partial charge in [0, 0.05) is 43.4 Å². The number of amides is 1. The van der Waals surface area contributed by atoms with Gasteiger partial charge in [-0.2, -0.15) is 15.3 Å². The third-order valence-electron chi connectivity index (χ3n) is 11.0. The van der Waals surface area contributed by atoms with Crippen molar-refractivity contribution in [2.75, 3.05) is 46.7 Å². The first kappa shape index (κ1) is 32.8. The number of carbonyl (C=O) groups excluding carboxylic acids is 1. The molecule has 0 unspecified atom stereocenters. The normalized spacial score (nSPS) is 24.0. The molecule has 0 saturated carbocycles. The molecule has 0 aromatic carbocycles. The minimum atomic E-state index is -0.478. The second kappa shape index (κ2) is 12.8. The van der Waals surface area contributed by atoms with Gasteiger partial charge in [0.05, 0.1) is 42.4 Å². The lowest BCUT2D eigenvalue weighted by molar-refractivity contribution is -0.0469. The van der Waals surface area contributed by atoms with Crippen molar-refractivity contribution in [2.24, 2.45) is 0 Å². The lowest BCUT2D eigenvalue weighted by Crippen LogP contribution is -2.49. The first-order valence-electron chi connectivity index (χ1n) is 17.2. The number of ether oxygens (including phenoxy) is 3. The molecular formula is C35H41N9O5S. The number of fused-ring (bicyclic) bond motifs is 4. The van der Waals surface area contributed by atoms with E-state index in [-0.39, 0.29) is 30.2 Å². The summed E-state index contributed by atoms with van der Waals surface area (Å²) < 4.78 is 25.5. The van der Waals surface area contributed by atoms with Crippen molar-refractivity contribution in [3.05, 3.63) is 51.4 Å². The second-order valence-electron chi connectivity index (χ2n) is 13.9. The Morgan fingerprint density at radius 2 is 2.06 bits per heavy atom. The number of aryl methyl sites for hydroxylation is 1. The summed E-state index contributed by atoms with van der Waals surface area (Å²) in [6.07, 6.45) is 7.56. The van der Waals surface area contributed by atoms with Crippen LogP contribution in [0, 0.1) is 11.3 Å². The molecule has 1 amide bonds. The van der Waals surface area contributed by atoms with Crippen LogP contribution in [-0.2, 0) is 27.7 Å². The SMILES string of the molecule is CO[C@H]1CCN(C)[C@@H]1[C@H](C)Oc1cc(-n2ccc(C(=O)N(C)C3COC3)n2)nc(-c2noc3c2CCC[C@@]32CCCc3sc(N)c(C#N)c32)n1. The Bertz CT molecular complexity index is 1970. The number of likely N-dealkylation sites (N-methyl/N-ethyl adjacent to an activating group) is 2. The maximum absolute atomic E-state index is 13.2. The average Bonchev–Trinajstić information content (AvgIpc) is 3.88. The maximum Gasteiger partial charge on any atom is 0.274 e. The van der Waals surface area contributed by atoms with E-state index in [4.69, 9.17) is 34.4 Å². The molecular weight excluding hydrogens is 659 g/mol. The number of nitrogens with two attached hydrogens (primary N) is 1. The molecule has 0 bridgehead atoms. The summed E-state index contributed by atoms with van der Waals surface area (Å²) in [6, 6.07) is 5.85. The van der Waals surface area contributed by atoms with Crippen molar-refractivity contribution < 1.29 is 23.5 Å². The van der Waals surface area contributed by atoms with Gasteiger partial charge in [-0.1, -0.05) is 5.16 Å². The highest BCUT2D eigenvalue weighted by atomic mass is 32.1. The standard InChI is InChI=1S/C35H41N9O5S/c1-19(30-24(46-4)10-13-42(30)2)48-27-15-26(44-14-9-23(40-44)34(45)43(3)20-17-47-18-20)38-33(39-27)29-21-7-5-11-35(31(21)49-41-29)12-6-8-25-28(35)22(16-36)32(37)50-25/h9,14-15,19-20,24,30H,5-8,10-13,17-18,37H2,1-4H3/t19-,24-,30+,35-/m0/s1. The summed E-state index contributed by atoms with van der Waals surface area (Å²) >= 11 is 1.51. The smallest absolute Gasteiger partial charge is 0.274 e. The number of carbonyl (C=O) groups is 1. The predicted octanol–water partition coefficient (Wildman–Crippen LogP) is 3.75. The van der Waals surface area contributed by atoms with Crippen LogP contribution in [0.4, 0.5) is 5.00 Å². The van der Waals surface area contributed by atoms with E-state index in [1.54, 1.807) is 42.1 Å². The van der Waals surface area contributed by atoms with Crippen LogP contribution in [-0.4, -0.2) is 106 Å². The Labute approximate surface area is 294 Å². The molecule has 2 aliphatic carbocycles. The first-order chi connectivity index (χ1) is 24.2. The quantitative estimate of drug-likeness (QED) is 0.283. The number of nitrogen functional groups attached to an aromatic ring is 1. The molecule has 14 nitrogen and oxygen atoms in total. The fraction of sp³-hybridized carbons (Fsp3) is 0.543. The number of nitriles is 1. The van der Waals surface area contributed by atoms with Gasteiger partial charge in [-0.15, -0.1) is 11.3 Å². The van der Waals surface area contributed by atoms with E-state index < -0.39 is 5.41 Å². The number of thiophene rings is 1. The summed E-state index contributed by atoms with van der Waals surface area (Å²) in [5.41, 5.74) is 9.22. The summed E-state index contributed by atoms with van der Waals surface area (Å²) in [7, 11) is 5.57. The highest BCUT2D eigenvalue weighted by molar-refractivity contribution is 7.16. The van der Waals surface area contributed by atoms with Crippen LogP contribution in [0.1, 0.15) is 76.8 Å². The van der Waals surface area contributed by atoms with Crippen LogP contribution in [0.15, 0.2) is 22.9 Å². The molecule has 6 heterocycles. The van der Waals surface area contributed by atoms with E-state index in [1.165, 1.54) is 11.3 Å². The Morgan fingerprint density at radius 3 is 2.80 bits per heavy atom. The Balaban J connectivity index is 1.20. The zero-order valence-corrected chi connectivity index (χ0v) is 29.5. The molecule has 2 saturated heterocycles. The van der Waals surface area contributed by atoms with Gasteiger partial charge in [-0.3, -0.25) is 9.69 Å². The van der Waals surface area contributed by atoms with Crippen LogP contribution >= 0.6 is 11.3 Å². The highest BCUT2D eigenvalue weighted by Crippen LogP contribution is 2.55. The Kier molecular flexibility index (Phi) is 8.37. The van der Waals surface area contributed by atoms with E-state index in [0.29, 0.717) is 52.7 Å². The topological polar surface area (TPSA) is 171 Å². The van der Waals surface area contributed by atoms with Crippen LogP contribution in [0.5, 0.6) is 5.88 Å². The molecule has 50 heavy (non-hydrogen) atoms. The minimum absolute atomic E-state index is 0.0226. The minimum Gasteiger partial charge on any atom is -0.473 e. The van der Waals surface area contributed by atoms with Crippen molar-refractivity contribution >= 4 is 22.2 Å². The van der Waals surface area contributed by atoms with Crippen molar-refractivity contribution in [1.29, 1.82) is 5.26 Å². The van der Waals surface area contributed by atoms with Crippen LogP contribution < -0.4 is 10.5 Å². The van der Waals surface area contributed by atoms with E-state index in [1.807, 2.05) is 6.92 Å². The van der Waals surface area contributed by atoms with Gasteiger partial charge in [0.1, 0.15) is 17.2 Å². The monoisotopic (exact) mass is 699 g/mol. The number of anilines is 1. The second-order valence-corrected chi connectivity index (χ2v) is 15.0. The summed E-state index contributed by atoms with van der Waals surface area (Å²) in [6.45, 7) is 3.95. The summed E-state index contributed by atoms with van der Waals surface area (Å²) in [4.78, 5) is 28.2. The lowest BCUT2D eigenvalue weighted by Gasteiger charge is -2.39. The van der Waals surface area contributed by atoms with Gasteiger partial charge in [0.2, 0.25) is 5.88 Å². The number of methoxy groups -OCH3 is 1. The number of rotatable bonds is 8. The number of nitrogens with zero attached hydrogens (tertiary/aromatic N) is 8. The van der Waals surface area contributed by atoms with Gasteiger partial charge in [0.25, 0.3) is 5.91 Å². The third-order valence-corrected chi connectivity index (χ3v) is 12.1. The zero-order valence-electron chi connectivity index (χ0n) is 28.7. The molecule has 1 spiro atoms. The van der Waals surface area contributed by atoms with Gasteiger partial charge < -0.3 is 29.4 Å². The van der Waals surface area contributed by atoms with Gasteiger partial charge in [0.15, 0.2) is 28.8 Å². The molecule has 4 aliphatic rings. The van der Waals surface area contributed by atoms with Crippen molar-refractivity contribution in [3.63, 3.8) is 0 Å². The molecule has 4 aromatic rings. The highest BCUT2D eigenvalue weighted by Gasteiger charge is 2.49. The number of likely N-dealkylation sites (tertiary alicyclic amines) is 1. The van der Waals surface area contributed by atoms with Gasteiger partial charge >= 0.3 is 0 Å². The zero-order chi connectivity index (χ0) is 34.7. The molecule has 4 aromatic heterocycles. The number of hydrogen-bond acceptors (Lipinski definition) is 13. The fourth-order valence-corrected chi connectivity index (χ4v) is 9.55. The van der Waals surface area contributed by atoms with Gasteiger partial charge in [-0.25, -0.2) is 9.67 Å². The molecule has 8 rings (SSSR count). The molecule has 262 valence electrons. The number of hydrogen-bond donors (Lipinski definition) is 1. The van der Waals surface area contributed by atoms with E-state index in [9.17, 15) is 10.1 Å². The van der Waals surface area contributed by atoms with Crippen LogP contribution in [0.2, 0.25) is 0 Å². The third kappa shape index (κ3) is 5.28. The molecule has 2 fully saturated rings. The molecule has 4 atom stereocenters. The lowest BCUT2D eigenvalue weighted by atomic mass is 9.63. The number of aromatic nitrogens is 5. The molecule has 2 aliphatic heterocycles. The van der Waals surface area contributed by atoms with E-state index in [2.05, 4.69) is 28.3 Å². The summed E-state index contributed by atoms with van der Waals surface area (Å²) in [5, 5.41) is 19.9. The predicted molar refractivity (Wildman–Crippen MR) is 183 cm³/mol. The first-order valence-corrected chi connectivity index (χ1v) is 18.0. The molecule has 0 radical (unpaired) electrons. The Hall–Kier alpha value is -4.36. The van der Waals surface area contributed by atoms with Crippen molar-refractivity contribution in [3.8, 4) is 29.3 Å². The van der Waals surface area contributed by atoms with E-state index >= 15 is 0 Å².